The van der Waals surface area contributed by atoms with E-state index in [1.165, 1.54) is 11.4 Å². The second-order valence-corrected chi connectivity index (χ2v) is 7.06. The van der Waals surface area contributed by atoms with Gasteiger partial charge in [-0.1, -0.05) is 13.3 Å². The molecule has 1 atom stereocenters. The Bertz CT molecular complexity index is 547. The Morgan fingerprint density at radius 2 is 2.05 bits per heavy atom. The van der Waals surface area contributed by atoms with Crippen LogP contribution in [0.15, 0.2) is 12.1 Å². The molecule has 0 saturated carbocycles. The van der Waals surface area contributed by atoms with Crippen molar-refractivity contribution in [3.63, 3.8) is 0 Å². The lowest BCUT2D eigenvalue weighted by Gasteiger charge is -2.16. The van der Waals surface area contributed by atoms with Crippen LogP contribution >= 0.6 is 0 Å². The molecule has 1 aliphatic heterocycles. The first-order chi connectivity index (χ1) is 10.0. The number of hydrogen-bond acceptors (Lipinski definition) is 6. The minimum Gasteiger partial charge on any atom is -0.480 e. The summed E-state index contributed by atoms with van der Waals surface area (Å²) >= 11 is 0. The van der Waals surface area contributed by atoms with Gasteiger partial charge in [0, 0.05) is 18.7 Å². The van der Waals surface area contributed by atoms with Crippen molar-refractivity contribution in [3.8, 4) is 11.8 Å². The fourth-order valence-electron chi connectivity index (χ4n) is 2.15. The highest BCUT2D eigenvalue weighted by Crippen LogP contribution is 2.20. The first-order valence-electron chi connectivity index (χ1n) is 7.07. The lowest BCUT2D eigenvalue weighted by molar-refractivity contribution is 0.203. The molecule has 0 N–H and O–H groups in total. The van der Waals surface area contributed by atoms with Crippen molar-refractivity contribution in [2.75, 3.05) is 26.0 Å². The Morgan fingerprint density at radius 3 is 2.67 bits per heavy atom. The van der Waals surface area contributed by atoms with Gasteiger partial charge in [-0.2, -0.15) is 4.31 Å². The molecule has 8 heteroatoms. The number of rotatable bonds is 7. The number of hydrogen-bond donors (Lipinski definition) is 0. The molecule has 21 heavy (non-hydrogen) atoms. The smallest absolute Gasteiger partial charge is 0.233 e. The molecule has 2 rings (SSSR count). The van der Waals surface area contributed by atoms with Crippen molar-refractivity contribution in [3.05, 3.63) is 12.1 Å². The van der Waals surface area contributed by atoms with E-state index in [1.54, 1.807) is 12.1 Å². The molecule has 7 nitrogen and oxygen atoms in total. The molecule has 0 amide bonds. The average Bonchev–Trinajstić information content (AvgIpc) is 2.95. The standard InChI is InChI=1S/C13H21N3O4S/c1-3-4-9-21(17,18)16-8-7-11(10-16)20-13-6-5-12(19-2)14-15-13/h5-6,11H,3-4,7-10H2,1-2H3. The summed E-state index contributed by atoms with van der Waals surface area (Å²) in [6.07, 6.45) is 2.05. The fourth-order valence-corrected chi connectivity index (χ4v) is 3.84. The van der Waals surface area contributed by atoms with Crippen LogP contribution in [0.2, 0.25) is 0 Å². The molecule has 1 aromatic heterocycles. The number of ether oxygens (including phenoxy) is 2. The molecule has 2 heterocycles. The Labute approximate surface area is 125 Å². The van der Waals surface area contributed by atoms with Gasteiger partial charge in [0.15, 0.2) is 0 Å². The van der Waals surface area contributed by atoms with E-state index >= 15 is 0 Å². The molecule has 1 saturated heterocycles. The van der Waals surface area contributed by atoms with Crippen molar-refractivity contribution >= 4 is 10.0 Å². The first kappa shape index (κ1) is 16.0. The van der Waals surface area contributed by atoms with Crippen LogP contribution in [-0.4, -0.2) is 55.0 Å². The highest BCUT2D eigenvalue weighted by atomic mass is 32.2. The van der Waals surface area contributed by atoms with Crippen LogP contribution in [-0.2, 0) is 10.0 Å². The lowest BCUT2D eigenvalue weighted by atomic mass is 10.3. The third-order valence-electron chi connectivity index (χ3n) is 3.37. The van der Waals surface area contributed by atoms with Crippen molar-refractivity contribution in [2.24, 2.45) is 0 Å². The predicted octanol–water partition coefficient (Wildman–Crippen LogP) is 1.07. The van der Waals surface area contributed by atoms with Gasteiger partial charge in [-0.25, -0.2) is 8.42 Å². The van der Waals surface area contributed by atoms with Gasteiger partial charge in [0.2, 0.25) is 21.8 Å². The third-order valence-corrected chi connectivity index (χ3v) is 5.29. The van der Waals surface area contributed by atoms with Gasteiger partial charge in [0.1, 0.15) is 6.10 Å². The number of methoxy groups -OCH3 is 1. The second-order valence-electron chi connectivity index (χ2n) is 4.97. The first-order valence-corrected chi connectivity index (χ1v) is 8.68. The Kier molecular flexibility index (Phi) is 5.35. The van der Waals surface area contributed by atoms with Crippen LogP contribution in [0.5, 0.6) is 11.8 Å². The topological polar surface area (TPSA) is 81.6 Å². The summed E-state index contributed by atoms with van der Waals surface area (Å²) < 4.78 is 36.3. The van der Waals surface area contributed by atoms with Gasteiger partial charge in [-0.05, 0) is 12.8 Å². The van der Waals surface area contributed by atoms with Crippen LogP contribution in [0, 0.1) is 0 Å². The molecular formula is C13H21N3O4S. The zero-order valence-electron chi connectivity index (χ0n) is 12.4. The molecule has 0 aliphatic carbocycles. The van der Waals surface area contributed by atoms with Gasteiger partial charge in [0.25, 0.3) is 0 Å². The largest absolute Gasteiger partial charge is 0.480 e. The van der Waals surface area contributed by atoms with Gasteiger partial charge >= 0.3 is 0 Å². The van der Waals surface area contributed by atoms with Crippen LogP contribution in [0.1, 0.15) is 26.2 Å². The number of nitrogens with zero attached hydrogens (tertiary/aromatic N) is 3. The summed E-state index contributed by atoms with van der Waals surface area (Å²) in [6, 6.07) is 3.33. The molecule has 0 bridgehead atoms. The maximum atomic E-state index is 12.1. The van der Waals surface area contributed by atoms with Crippen molar-refractivity contribution in [1.82, 2.24) is 14.5 Å². The Morgan fingerprint density at radius 1 is 1.33 bits per heavy atom. The number of unbranched alkanes of at least 4 members (excludes halogenated alkanes) is 1. The number of aromatic nitrogens is 2. The van der Waals surface area contributed by atoms with Gasteiger partial charge in [0.05, 0.1) is 19.4 Å². The van der Waals surface area contributed by atoms with E-state index in [1.807, 2.05) is 6.92 Å². The van der Waals surface area contributed by atoms with Gasteiger partial charge in [-0.15, -0.1) is 10.2 Å². The Hall–Kier alpha value is -1.41. The van der Waals surface area contributed by atoms with Crippen molar-refractivity contribution < 1.29 is 17.9 Å². The van der Waals surface area contributed by atoms with Gasteiger partial charge in [-0.3, -0.25) is 0 Å². The minimum absolute atomic E-state index is 0.177. The summed E-state index contributed by atoms with van der Waals surface area (Å²) in [7, 11) is -1.65. The maximum absolute atomic E-state index is 12.1. The summed E-state index contributed by atoms with van der Waals surface area (Å²) in [5.74, 6) is 1.00. The van der Waals surface area contributed by atoms with E-state index in [0.717, 1.165) is 6.42 Å². The molecule has 1 fully saturated rings. The van der Waals surface area contributed by atoms with Crippen molar-refractivity contribution in [2.45, 2.75) is 32.3 Å². The minimum atomic E-state index is -3.16. The average molecular weight is 315 g/mol. The summed E-state index contributed by atoms with van der Waals surface area (Å²) in [5.41, 5.74) is 0. The fraction of sp³-hybridized carbons (Fsp3) is 0.692. The SMILES string of the molecule is CCCCS(=O)(=O)N1CCC(Oc2ccc(OC)nn2)C1. The van der Waals surface area contributed by atoms with Crippen LogP contribution in [0.3, 0.4) is 0 Å². The summed E-state index contributed by atoms with van der Waals surface area (Å²) in [5, 5.41) is 7.70. The molecule has 1 aliphatic rings. The summed E-state index contributed by atoms with van der Waals surface area (Å²) in [6.45, 7) is 2.85. The molecule has 118 valence electrons. The van der Waals surface area contributed by atoms with E-state index in [4.69, 9.17) is 9.47 Å². The molecular weight excluding hydrogens is 294 g/mol. The van der Waals surface area contributed by atoms with Gasteiger partial charge < -0.3 is 9.47 Å². The molecule has 1 unspecified atom stereocenters. The monoisotopic (exact) mass is 315 g/mol. The molecule has 0 aromatic carbocycles. The van der Waals surface area contributed by atoms with E-state index < -0.39 is 10.0 Å². The van der Waals surface area contributed by atoms with Crippen molar-refractivity contribution in [1.29, 1.82) is 0 Å². The zero-order chi connectivity index (χ0) is 15.3. The van der Waals surface area contributed by atoms with Crippen LogP contribution in [0.25, 0.3) is 0 Å². The normalized spacial score (nSPS) is 19.6. The number of sulfonamides is 1. The zero-order valence-corrected chi connectivity index (χ0v) is 13.2. The molecule has 1 aromatic rings. The van der Waals surface area contributed by atoms with E-state index in [-0.39, 0.29) is 11.9 Å². The lowest BCUT2D eigenvalue weighted by Crippen LogP contribution is -2.32. The maximum Gasteiger partial charge on any atom is 0.233 e. The Balaban J connectivity index is 1.90. The predicted molar refractivity (Wildman–Crippen MR) is 77.9 cm³/mol. The van der Waals surface area contributed by atoms with Crippen LogP contribution in [0.4, 0.5) is 0 Å². The van der Waals surface area contributed by atoms with E-state index in [9.17, 15) is 8.42 Å². The van der Waals surface area contributed by atoms with E-state index in [2.05, 4.69) is 10.2 Å². The highest BCUT2D eigenvalue weighted by molar-refractivity contribution is 7.89. The quantitative estimate of drug-likeness (QED) is 0.748. The highest BCUT2D eigenvalue weighted by Gasteiger charge is 2.32. The molecule has 0 spiro atoms. The summed E-state index contributed by atoms with van der Waals surface area (Å²) in [4.78, 5) is 0. The van der Waals surface area contributed by atoms with Crippen LogP contribution < -0.4 is 9.47 Å². The second kappa shape index (κ2) is 7.04. The molecule has 0 radical (unpaired) electrons. The van der Waals surface area contributed by atoms with E-state index in [0.29, 0.717) is 37.7 Å². The third kappa shape index (κ3) is 4.28.